The van der Waals surface area contributed by atoms with Crippen LogP contribution in [0.1, 0.15) is 19.8 Å². The van der Waals surface area contributed by atoms with Gasteiger partial charge >= 0.3 is 0 Å². The summed E-state index contributed by atoms with van der Waals surface area (Å²) in [6.07, 6.45) is 1.69. The topological polar surface area (TPSA) is 69.2 Å². The van der Waals surface area contributed by atoms with Gasteiger partial charge in [0.25, 0.3) is 0 Å². The molecule has 0 amide bonds. The molecule has 0 aliphatic heterocycles. The van der Waals surface area contributed by atoms with Crippen molar-refractivity contribution in [2.45, 2.75) is 32.0 Å². The average molecular weight is 293 g/mol. The van der Waals surface area contributed by atoms with Gasteiger partial charge in [0.05, 0.1) is 38.6 Å². The van der Waals surface area contributed by atoms with E-state index in [1.165, 1.54) is 0 Å². The fourth-order valence-corrected chi connectivity index (χ4v) is 1.55. The van der Waals surface area contributed by atoms with Crippen molar-refractivity contribution in [2.75, 3.05) is 60.3 Å². The Bertz CT molecular complexity index is 194. The normalized spacial score (nSPS) is 14.4. The predicted octanol–water partition coefficient (Wildman–Crippen LogP) is 0.432. The van der Waals surface area contributed by atoms with Gasteiger partial charge in [0, 0.05) is 33.9 Å². The van der Waals surface area contributed by atoms with Crippen LogP contribution in [0, 0.1) is 0 Å². The third-order valence-electron chi connectivity index (χ3n) is 2.76. The van der Waals surface area contributed by atoms with Crippen molar-refractivity contribution >= 4 is 0 Å². The third-order valence-corrected chi connectivity index (χ3v) is 2.76. The third kappa shape index (κ3) is 12.8. The first-order chi connectivity index (χ1) is 9.74. The lowest BCUT2D eigenvalue weighted by Crippen LogP contribution is -2.37. The Morgan fingerprint density at radius 3 is 2.40 bits per heavy atom. The first-order valence-electron chi connectivity index (χ1n) is 7.30. The maximum absolute atomic E-state index is 9.71. The standard InChI is InChI=1S/C14H31NO5/c1-4-5-6-19-7-8-20-11-13(16)9-15-10-14(18-3)12-17-2/h13-16H,4-12H2,1-3H3. The van der Waals surface area contributed by atoms with Crippen molar-refractivity contribution in [3.05, 3.63) is 0 Å². The van der Waals surface area contributed by atoms with Crippen LogP contribution in [0.2, 0.25) is 0 Å². The van der Waals surface area contributed by atoms with Crippen molar-refractivity contribution in [1.29, 1.82) is 0 Å². The highest BCUT2D eigenvalue weighted by Crippen LogP contribution is 1.91. The predicted molar refractivity (Wildman–Crippen MR) is 78.1 cm³/mol. The number of nitrogens with one attached hydrogen (secondary N) is 1. The first-order valence-corrected chi connectivity index (χ1v) is 7.30. The highest BCUT2D eigenvalue weighted by Gasteiger charge is 2.08. The van der Waals surface area contributed by atoms with Gasteiger partial charge in [-0.1, -0.05) is 13.3 Å². The van der Waals surface area contributed by atoms with Crippen molar-refractivity contribution in [3.8, 4) is 0 Å². The Morgan fingerprint density at radius 2 is 1.75 bits per heavy atom. The van der Waals surface area contributed by atoms with Crippen molar-refractivity contribution in [2.24, 2.45) is 0 Å². The first kappa shape index (κ1) is 19.8. The molecule has 0 rings (SSSR count). The van der Waals surface area contributed by atoms with E-state index in [9.17, 15) is 5.11 Å². The van der Waals surface area contributed by atoms with Gasteiger partial charge in [0.1, 0.15) is 0 Å². The fourth-order valence-electron chi connectivity index (χ4n) is 1.55. The van der Waals surface area contributed by atoms with E-state index in [0.717, 1.165) is 19.4 Å². The molecule has 0 aliphatic carbocycles. The molecule has 20 heavy (non-hydrogen) atoms. The largest absolute Gasteiger partial charge is 0.389 e. The van der Waals surface area contributed by atoms with Gasteiger partial charge in [0.15, 0.2) is 0 Å². The van der Waals surface area contributed by atoms with E-state index < -0.39 is 6.10 Å². The van der Waals surface area contributed by atoms with Crippen LogP contribution in [0.25, 0.3) is 0 Å². The van der Waals surface area contributed by atoms with Crippen LogP contribution >= 0.6 is 0 Å². The van der Waals surface area contributed by atoms with E-state index >= 15 is 0 Å². The number of methoxy groups -OCH3 is 2. The summed E-state index contributed by atoms with van der Waals surface area (Å²) >= 11 is 0. The second-order valence-corrected chi connectivity index (χ2v) is 4.67. The Hall–Kier alpha value is -0.240. The Balaban J connectivity index is 3.33. The zero-order chi connectivity index (χ0) is 15.1. The number of rotatable bonds is 15. The minimum absolute atomic E-state index is 0.0000778. The molecule has 0 saturated carbocycles. The molecule has 0 spiro atoms. The minimum Gasteiger partial charge on any atom is -0.389 e. The molecule has 0 aromatic heterocycles. The molecule has 0 aliphatic rings. The summed E-state index contributed by atoms with van der Waals surface area (Å²) in [4.78, 5) is 0. The van der Waals surface area contributed by atoms with Gasteiger partial charge in [-0.15, -0.1) is 0 Å². The average Bonchev–Trinajstić information content (AvgIpc) is 2.45. The number of ether oxygens (including phenoxy) is 4. The molecule has 0 aromatic carbocycles. The molecule has 2 unspecified atom stereocenters. The van der Waals surface area contributed by atoms with Gasteiger partial charge in [-0.2, -0.15) is 0 Å². The second-order valence-electron chi connectivity index (χ2n) is 4.67. The fraction of sp³-hybridized carbons (Fsp3) is 1.00. The lowest BCUT2D eigenvalue weighted by Gasteiger charge is -2.17. The van der Waals surface area contributed by atoms with E-state index in [1.807, 2.05) is 0 Å². The zero-order valence-corrected chi connectivity index (χ0v) is 13.1. The summed E-state index contributed by atoms with van der Waals surface area (Å²) < 4.78 is 20.9. The van der Waals surface area contributed by atoms with Gasteiger partial charge in [-0.25, -0.2) is 0 Å². The lowest BCUT2D eigenvalue weighted by molar-refractivity contribution is -0.000166. The van der Waals surface area contributed by atoms with E-state index in [1.54, 1.807) is 14.2 Å². The van der Waals surface area contributed by atoms with Crippen LogP contribution in [0.4, 0.5) is 0 Å². The van der Waals surface area contributed by atoms with Gasteiger partial charge in [-0.05, 0) is 6.42 Å². The van der Waals surface area contributed by atoms with Crippen molar-refractivity contribution < 1.29 is 24.1 Å². The summed E-state index contributed by atoms with van der Waals surface area (Å²) in [7, 11) is 3.28. The Morgan fingerprint density at radius 1 is 1.00 bits per heavy atom. The van der Waals surface area contributed by atoms with Gasteiger partial charge in [-0.3, -0.25) is 0 Å². The molecule has 0 aromatic rings. The highest BCUT2D eigenvalue weighted by atomic mass is 16.5. The van der Waals surface area contributed by atoms with Crippen molar-refractivity contribution in [1.82, 2.24) is 5.32 Å². The number of unbranched alkanes of at least 4 members (excludes halogenated alkanes) is 1. The van der Waals surface area contributed by atoms with Gasteiger partial charge < -0.3 is 29.4 Å². The van der Waals surface area contributed by atoms with Crippen LogP contribution in [0.15, 0.2) is 0 Å². The van der Waals surface area contributed by atoms with Crippen LogP contribution in [0.3, 0.4) is 0 Å². The molecule has 0 fully saturated rings. The Labute approximate surface area is 122 Å². The van der Waals surface area contributed by atoms with Crippen LogP contribution in [-0.4, -0.2) is 77.7 Å². The monoisotopic (exact) mass is 293 g/mol. The van der Waals surface area contributed by atoms with Crippen LogP contribution in [-0.2, 0) is 18.9 Å². The maximum atomic E-state index is 9.71. The smallest absolute Gasteiger partial charge is 0.0928 e. The number of hydrogen-bond acceptors (Lipinski definition) is 6. The second kappa shape index (κ2) is 15.2. The molecule has 6 heteroatoms. The van der Waals surface area contributed by atoms with E-state index in [2.05, 4.69) is 12.2 Å². The number of hydrogen-bond donors (Lipinski definition) is 2. The molecule has 0 heterocycles. The van der Waals surface area contributed by atoms with Crippen LogP contribution in [0.5, 0.6) is 0 Å². The Kier molecular flexibility index (Phi) is 15.0. The van der Waals surface area contributed by atoms with Crippen molar-refractivity contribution in [3.63, 3.8) is 0 Å². The van der Waals surface area contributed by atoms with Crippen LogP contribution < -0.4 is 5.32 Å². The summed E-state index contributed by atoms with van der Waals surface area (Å²) in [6.45, 7) is 5.97. The molecular weight excluding hydrogens is 262 g/mol. The summed E-state index contributed by atoms with van der Waals surface area (Å²) in [6, 6.07) is 0. The summed E-state index contributed by atoms with van der Waals surface area (Å²) in [5, 5.41) is 12.8. The van der Waals surface area contributed by atoms with E-state index in [4.69, 9.17) is 18.9 Å². The number of aliphatic hydroxyl groups is 1. The SMILES string of the molecule is CCCCOCCOCC(O)CNCC(COC)OC. The van der Waals surface area contributed by atoms with E-state index in [-0.39, 0.29) is 6.10 Å². The van der Waals surface area contributed by atoms with E-state index in [0.29, 0.717) is 39.5 Å². The molecule has 6 nitrogen and oxygen atoms in total. The number of aliphatic hydroxyl groups excluding tert-OH is 1. The zero-order valence-electron chi connectivity index (χ0n) is 13.1. The molecular formula is C14H31NO5. The minimum atomic E-state index is -0.523. The summed E-state index contributed by atoms with van der Waals surface area (Å²) in [5.74, 6) is 0. The quantitative estimate of drug-likeness (QED) is 0.427. The molecule has 122 valence electrons. The summed E-state index contributed by atoms with van der Waals surface area (Å²) in [5.41, 5.74) is 0. The maximum Gasteiger partial charge on any atom is 0.0928 e. The molecule has 0 radical (unpaired) electrons. The van der Waals surface area contributed by atoms with Gasteiger partial charge in [0.2, 0.25) is 0 Å². The molecule has 0 bridgehead atoms. The molecule has 0 saturated heterocycles. The lowest BCUT2D eigenvalue weighted by atomic mass is 10.3. The highest BCUT2D eigenvalue weighted by molar-refractivity contribution is 4.64. The molecule has 2 atom stereocenters. The molecule has 2 N–H and O–H groups in total.